The Kier molecular flexibility index (Phi) is 5.08. The average molecular weight is 387 g/mol. The number of alkyl halides is 3. The van der Waals surface area contributed by atoms with Gasteiger partial charge in [0.05, 0.1) is 16.2 Å². The predicted octanol–water partition coefficient (Wildman–Crippen LogP) is 4.93. The number of carbonyl (C=O) groups is 1. The Morgan fingerprint density at radius 2 is 1.71 bits per heavy atom. The second-order valence-corrected chi connectivity index (χ2v) is 5.73. The number of nitrogens with zero attached hydrogens (tertiary/aromatic N) is 2. The zero-order valence-electron chi connectivity index (χ0n) is 14.1. The van der Waals surface area contributed by atoms with Crippen LogP contribution in [0, 0.1) is 10.1 Å². The Bertz CT molecular complexity index is 1030. The topological polar surface area (TPSA) is 85.1 Å². The van der Waals surface area contributed by atoms with E-state index in [4.69, 9.17) is 0 Å². The summed E-state index contributed by atoms with van der Waals surface area (Å²) in [5, 5.41) is 13.5. The third-order valence-electron chi connectivity index (χ3n) is 3.88. The van der Waals surface area contributed by atoms with Crippen molar-refractivity contribution < 1.29 is 22.9 Å². The molecule has 0 aliphatic carbocycles. The largest absolute Gasteiger partial charge is 0.416 e. The van der Waals surface area contributed by atoms with Crippen molar-refractivity contribution in [2.24, 2.45) is 0 Å². The number of pyridine rings is 1. The number of hydrogen-bond acceptors (Lipinski definition) is 4. The molecule has 1 aromatic heterocycles. The molecular formula is C19H12F3N3O3. The monoisotopic (exact) mass is 387 g/mol. The molecule has 0 saturated heterocycles. The van der Waals surface area contributed by atoms with Crippen molar-refractivity contribution in [3.63, 3.8) is 0 Å². The number of para-hydroxylation sites is 2. The fourth-order valence-electron chi connectivity index (χ4n) is 2.49. The normalized spacial score (nSPS) is 11.1. The first-order chi connectivity index (χ1) is 13.3. The summed E-state index contributed by atoms with van der Waals surface area (Å²) in [6.45, 7) is 0. The van der Waals surface area contributed by atoms with Crippen molar-refractivity contribution in [2.45, 2.75) is 6.18 Å². The SMILES string of the molecule is O=C(Nc1ccccc1[N+](=O)[O-])c1ccc(-c2cc(C(F)(F)F)ccn2)cc1. The molecule has 2 aromatic carbocycles. The molecule has 1 amide bonds. The molecule has 1 heterocycles. The van der Waals surface area contributed by atoms with Crippen LogP contribution in [0.4, 0.5) is 24.5 Å². The highest BCUT2D eigenvalue weighted by Crippen LogP contribution is 2.31. The molecule has 0 aliphatic heterocycles. The van der Waals surface area contributed by atoms with Crippen molar-refractivity contribution in [3.05, 3.63) is 88.1 Å². The summed E-state index contributed by atoms with van der Waals surface area (Å²) in [6, 6.07) is 13.2. The second-order valence-electron chi connectivity index (χ2n) is 5.73. The first-order valence-corrected chi connectivity index (χ1v) is 7.94. The predicted molar refractivity (Wildman–Crippen MR) is 95.7 cm³/mol. The van der Waals surface area contributed by atoms with Crippen LogP contribution in [-0.2, 0) is 6.18 Å². The van der Waals surface area contributed by atoms with Crippen molar-refractivity contribution in [1.29, 1.82) is 0 Å². The molecular weight excluding hydrogens is 375 g/mol. The van der Waals surface area contributed by atoms with E-state index in [1.54, 1.807) is 6.07 Å². The lowest BCUT2D eigenvalue weighted by Crippen LogP contribution is -2.13. The summed E-state index contributed by atoms with van der Waals surface area (Å²) in [5.41, 5.74) is -0.333. The van der Waals surface area contributed by atoms with Crippen LogP contribution in [0.25, 0.3) is 11.3 Å². The number of anilines is 1. The third-order valence-corrected chi connectivity index (χ3v) is 3.88. The van der Waals surface area contributed by atoms with E-state index >= 15 is 0 Å². The first kappa shape index (κ1) is 19.0. The van der Waals surface area contributed by atoms with Crippen LogP contribution in [0.2, 0.25) is 0 Å². The first-order valence-electron chi connectivity index (χ1n) is 7.94. The van der Waals surface area contributed by atoms with Gasteiger partial charge in [-0.15, -0.1) is 0 Å². The molecule has 0 saturated carbocycles. The van der Waals surface area contributed by atoms with Crippen LogP contribution in [0.3, 0.4) is 0 Å². The number of carbonyl (C=O) groups excluding carboxylic acids is 1. The molecule has 3 rings (SSSR count). The minimum atomic E-state index is -4.48. The van der Waals surface area contributed by atoms with Gasteiger partial charge >= 0.3 is 6.18 Å². The summed E-state index contributed by atoms with van der Waals surface area (Å²) < 4.78 is 38.5. The van der Waals surface area contributed by atoms with Crippen LogP contribution < -0.4 is 5.32 Å². The van der Waals surface area contributed by atoms with Gasteiger partial charge in [0.2, 0.25) is 0 Å². The molecule has 9 heteroatoms. The fraction of sp³-hybridized carbons (Fsp3) is 0.0526. The molecule has 0 fully saturated rings. The summed E-state index contributed by atoms with van der Waals surface area (Å²) >= 11 is 0. The van der Waals surface area contributed by atoms with Gasteiger partial charge in [0, 0.05) is 23.4 Å². The highest BCUT2D eigenvalue weighted by molar-refractivity contribution is 6.05. The number of halogens is 3. The van der Waals surface area contributed by atoms with Crippen LogP contribution in [-0.4, -0.2) is 15.8 Å². The van der Waals surface area contributed by atoms with E-state index in [2.05, 4.69) is 10.3 Å². The van der Waals surface area contributed by atoms with E-state index < -0.39 is 22.6 Å². The van der Waals surface area contributed by atoms with Gasteiger partial charge in [-0.3, -0.25) is 19.9 Å². The summed E-state index contributed by atoms with van der Waals surface area (Å²) in [5.74, 6) is -0.585. The van der Waals surface area contributed by atoms with E-state index in [0.29, 0.717) is 5.56 Å². The van der Waals surface area contributed by atoms with Crippen LogP contribution in [0.1, 0.15) is 15.9 Å². The highest BCUT2D eigenvalue weighted by Gasteiger charge is 2.30. The lowest BCUT2D eigenvalue weighted by molar-refractivity contribution is -0.383. The van der Waals surface area contributed by atoms with Crippen LogP contribution >= 0.6 is 0 Å². The molecule has 28 heavy (non-hydrogen) atoms. The fourth-order valence-corrected chi connectivity index (χ4v) is 2.49. The molecule has 3 aromatic rings. The number of amides is 1. The minimum absolute atomic E-state index is 0.0427. The quantitative estimate of drug-likeness (QED) is 0.508. The summed E-state index contributed by atoms with van der Waals surface area (Å²) in [4.78, 5) is 26.6. The number of nitrogens with one attached hydrogen (secondary N) is 1. The Morgan fingerprint density at radius 1 is 1.04 bits per heavy atom. The van der Waals surface area contributed by atoms with Crippen LogP contribution in [0.5, 0.6) is 0 Å². The van der Waals surface area contributed by atoms with E-state index in [1.807, 2.05) is 0 Å². The molecule has 142 valence electrons. The van der Waals surface area contributed by atoms with Gasteiger partial charge in [-0.05, 0) is 30.3 Å². The smallest absolute Gasteiger partial charge is 0.316 e. The van der Waals surface area contributed by atoms with Crippen molar-refractivity contribution >= 4 is 17.3 Å². The van der Waals surface area contributed by atoms with E-state index in [1.165, 1.54) is 42.5 Å². The van der Waals surface area contributed by atoms with Gasteiger partial charge in [-0.1, -0.05) is 24.3 Å². The highest BCUT2D eigenvalue weighted by atomic mass is 19.4. The maximum Gasteiger partial charge on any atom is 0.416 e. The van der Waals surface area contributed by atoms with Gasteiger partial charge < -0.3 is 5.32 Å². The molecule has 6 nitrogen and oxygen atoms in total. The zero-order valence-corrected chi connectivity index (χ0v) is 14.1. The third kappa shape index (κ3) is 4.14. The van der Waals surface area contributed by atoms with Crippen LogP contribution in [0.15, 0.2) is 66.9 Å². The number of rotatable bonds is 4. The Morgan fingerprint density at radius 3 is 2.36 bits per heavy atom. The number of nitro groups is 1. The van der Waals surface area contributed by atoms with Gasteiger partial charge in [0.15, 0.2) is 0 Å². The number of hydrogen-bond donors (Lipinski definition) is 1. The van der Waals surface area contributed by atoms with Gasteiger partial charge in [0.1, 0.15) is 5.69 Å². The Balaban J connectivity index is 1.82. The Hall–Kier alpha value is -3.75. The van der Waals surface area contributed by atoms with E-state index in [9.17, 15) is 28.1 Å². The number of aromatic nitrogens is 1. The zero-order chi connectivity index (χ0) is 20.3. The molecule has 0 unspecified atom stereocenters. The maximum atomic E-state index is 12.8. The van der Waals surface area contributed by atoms with Gasteiger partial charge in [-0.25, -0.2) is 0 Å². The standard InChI is InChI=1S/C19H12F3N3O3/c20-19(21,22)14-9-10-23-16(11-14)12-5-7-13(8-6-12)18(26)24-15-3-1-2-4-17(15)25(27)28/h1-11H,(H,24,26). The van der Waals surface area contributed by atoms with Crippen molar-refractivity contribution in [3.8, 4) is 11.3 Å². The second kappa shape index (κ2) is 7.47. The molecule has 1 N–H and O–H groups in total. The molecule has 0 spiro atoms. The maximum absolute atomic E-state index is 12.8. The Labute approximate surface area is 156 Å². The van der Waals surface area contributed by atoms with Crippen molar-refractivity contribution in [1.82, 2.24) is 4.98 Å². The molecule has 0 aliphatic rings. The van der Waals surface area contributed by atoms with E-state index in [-0.39, 0.29) is 22.6 Å². The molecule has 0 radical (unpaired) electrons. The average Bonchev–Trinajstić information content (AvgIpc) is 2.68. The lowest BCUT2D eigenvalue weighted by atomic mass is 10.1. The van der Waals surface area contributed by atoms with Gasteiger partial charge in [0.25, 0.3) is 11.6 Å². The minimum Gasteiger partial charge on any atom is -0.316 e. The lowest BCUT2D eigenvalue weighted by Gasteiger charge is -2.09. The van der Waals surface area contributed by atoms with Gasteiger partial charge in [-0.2, -0.15) is 13.2 Å². The molecule has 0 atom stereocenters. The number of nitro benzene ring substituents is 1. The summed E-state index contributed by atoms with van der Waals surface area (Å²) in [7, 11) is 0. The number of benzene rings is 2. The van der Waals surface area contributed by atoms with Crippen molar-refractivity contribution in [2.75, 3.05) is 5.32 Å². The summed E-state index contributed by atoms with van der Waals surface area (Å²) in [6.07, 6.45) is -3.42. The molecule has 0 bridgehead atoms. The van der Waals surface area contributed by atoms with E-state index in [0.717, 1.165) is 18.3 Å².